The van der Waals surface area contributed by atoms with Gasteiger partial charge in [0.05, 0.1) is 14.2 Å². The molecule has 0 saturated heterocycles. The van der Waals surface area contributed by atoms with E-state index in [-0.39, 0.29) is 0 Å². The Morgan fingerprint density at radius 2 is 0.889 bits per heavy atom. The molecule has 0 spiro atoms. The molecule has 36 heavy (non-hydrogen) atoms. The number of hydrogen-bond acceptors (Lipinski definition) is 2. The van der Waals surface area contributed by atoms with Gasteiger partial charge in [-0.05, 0) is 46.5 Å². The fourth-order valence-electron chi connectivity index (χ4n) is 4.31. The van der Waals surface area contributed by atoms with E-state index in [4.69, 9.17) is 9.47 Å². The van der Waals surface area contributed by atoms with Crippen LogP contribution in [0, 0.1) is 0 Å². The monoisotopic (exact) mass is 480 g/mol. The van der Waals surface area contributed by atoms with Crippen molar-refractivity contribution in [3.63, 3.8) is 0 Å². The quantitative estimate of drug-likeness (QED) is 0.283. The highest BCUT2D eigenvalue weighted by Gasteiger charge is 2.09. The molecule has 0 aliphatic heterocycles. The third-order valence-electron chi connectivity index (χ3n) is 6.29. The molecule has 5 rings (SSSR count). The Bertz CT molecular complexity index is 1280. The van der Waals surface area contributed by atoms with Crippen molar-refractivity contribution >= 4 is 0 Å². The first-order valence-corrected chi connectivity index (χ1v) is 12.1. The first kappa shape index (κ1) is 23.4. The van der Waals surface area contributed by atoms with Crippen molar-refractivity contribution < 1.29 is 18.6 Å². The van der Waals surface area contributed by atoms with Gasteiger partial charge in [-0.1, -0.05) is 48.5 Å². The fraction of sp³-hybridized carbons (Fsp3) is 0.200. The van der Waals surface area contributed by atoms with E-state index in [1.54, 1.807) is 14.2 Å². The standard InChI is InChI=1S/C30H32N4O2/c1-35-29-11-7-27(8-12-29)21-33-17-15-31(23-33)19-25-3-5-26(6-4-25)20-32-16-18-34(24-32)22-28-9-13-30(36-2)14-10-28/h3-18,23-24H,19-22H2,1-2H3/q+2. The topological polar surface area (TPSA) is 36.1 Å². The second kappa shape index (κ2) is 11.0. The number of benzene rings is 3. The summed E-state index contributed by atoms with van der Waals surface area (Å²) in [6.45, 7) is 3.37. The lowest BCUT2D eigenvalue weighted by atomic mass is 10.1. The Hall–Kier alpha value is -4.32. The molecule has 2 aromatic heterocycles. The van der Waals surface area contributed by atoms with Gasteiger partial charge in [-0.15, -0.1) is 0 Å². The fourth-order valence-corrected chi connectivity index (χ4v) is 4.31. The van der Waals surface area contributed by atoms with Crippen molar-refractivity contribution in [2.24, 2.45) is 0 Å². The van der Waals surface area contributed by atoms with Crippen molar-refractivity contribution in [1.82, 2.24) is 9.13 Å². The lowest BCUT2D eigenvalue weighted by Gasteiger charge is -2.02. The summed E-state index contributed by atoms with van der Waals surface area (Å²) in [6.07, 6.45) is 12.8. The van der Waals surface area contributed by atoms with Gasteiger partial charge >= 0.3 is 0 Å². The molecule has 0 unspecified atom stereocenters. The molecule has 0 bridgehead atoms. The summed E-state index contributed by atoms with van der Waals surface area (Å²) in [6, 6.07) is 25.3. The van der Waals surface area contributed by atoms with Crippen molar-refractivity contribution in [3.8, 4) is 11.5 Å². The summed E-state index contributed by atoms with van der Waals surface area (Å²) in [5.41, 5.74) is 5.07. The van der Waals surface area contributed by atoms with E-state index in [0.717, 1.165) is 37.7 Å². The Kier molecular flexibility index (Phi) is 7.12. The van der Waals surface area contributed by atoms with Crippen molar-refractivity contribution in [2.45, 2.75) is 26.2 Å². The molecule has 0 atom stereocenters. The van der Waals surface area contributed by atoms with Gasteiger partial charge in [0.2, 0.25) is 12.7 Å². The van der Waals surface area contributed by atoms with Gasteiger partial charge in [-0.2, -0.15) is 0 Å². The smallest absolute Gasteiger partial charge is 0.244 e. The highest BCUT2D eigenvalue weighted by Crippen LogP contribution is 2.12. The van der Waals surface area contributed by atoms with Crippen LogP contribution in [0.3, 0.4) is 0 Å². The summed E-state index contributed by atoms with van der Waals surface area (Å²) < 4.78 is 19.3. The molecule has 0 aliphatic carbocycles. The molecule has 0 amide bonds. The molecule has 6 heteroatoms. The third-order valence-corrected chi connectivity index (χ3v) is 6.29. The van der Waals surface area contributed by atoms with Gasteiger partial charge in [0.25, 0.3) is 0 Å². The average Bonchev–Trinajstić information content (AvgIpc) is 3.55. The van der Waals surface area contributed by atoms with Crippen LogP contribution in [0.2, 0.25) is 0 Å². The number of nitrogens with zero attached hydrogens (tertiary/aromatic N) is 4. The Morgan fingerprint density at radius 1 is 0.528 bits per heavy atom. The van der Waals surface area contributed by atoms with Crippen molar-refractivity contribution in [1.29, 1.82) is 0 Å². The second-order valence-corrected chi connectivity index (χ2v) is 9.03. The van der Waals surface area contributed by atoms with Crippen LogP contribution in [0.4, 0.5) is 0 Å². The first-order valence-electron chi connectivity index (χ1n) is 12.1. The maximum atomic E-state index is 5.24. The summed E-state index contributed by atoms with van der Waals surface area (Å²) >= 11 is 0. The maximum absolute atomic E-state index is 5.24. The van der Waals surface area contributed by atoms with Crippen LogP contribution in [0.1, 0.15) is 22.3 Å². The van der Waals surface area contributed by atoms with Gasteiger partial charge in [-0.25, -0.2) is 18.3 Å². The molecule has 6 nitrogen and oxygen atoms in total. The lowest BCUT2D eigenvalue weighted by Crippen LogP contribution is -2.31. The zero-order valence-corrected chi connectivity index (χ0v) is 20.8. The number of aromatic nitrogens is 4. The van der Waals surface area contributed by atoms with E-state index < -0.39 is 0 Å². The van der Waals surface area contributed by atoms with Crippen LogP contribution in [0.15, 0.2) is 110 Å². The molecule has 0 N–H and O–H groups in total. The largest absolute Gasteiger partial charge is 0.497 e. The molecule has 0 saturated carbocycles. The van der Waals surface area contributed by atoms with Crippen molar-refractivity contribution in [3.05, 3.63) is 132 Å². The zero-order valence-electron chi connectivity index (χ0n) is 20.8. The highest BCUT2D eigenvalue weighted by atomic mass is 16.5. The minimum Gasteiger partial charge on any atom is -0.497 e. The number of rotatable bonds is 10. The van der Waals surface area contributed by atoms with E-state index in [2.05, 4.69) is 104 Å². The Labute approximate surface area is 212 Å². The normalized spacial score (nSPS) is 10.9. The molecule has 0 aliphatic rings. The first-order chi connectivity index (χ1) is 17.7. The summed E-state index contributed by atoms with van der Waals surface area (Å²) in [5, 5.41) is 0. The minimum absolute atomic E-state index is 0.839. The van der Waals surface area contributed by atoms with Crippen LogP contribution in [-0.4, -0.2) is 23.4 Å². The number of ether oxygens (including phenoxy) is 2. The summed E-state index contributed by atoms with van der Waals surface area (Å²) in [5.74, 6) is 1.77. The van der Waals surface area contributed by atoms with Crippen LogP contribution in [0.5, 0.6) is 11.5 Å². The summed E-state index contributed by atoms with van der Waals surface area (Å²) in [7, 11) is 3.38. The SMILES string of the molecule is COc1ccc(C[n+]2ccn(Cc3ccc(Cn4cc[n+](Cc5ccc(OC)cc5)c4)cc3)c2)cc1. The van der Waals surface area contributed by atoms with E-state index in [0.29, 0.717) is 0 Å². The molecule has 0 radical (unpaired) electrons. The molecule has 5 aromatic rings. The maximum Gasteiger partial charge on any atom is 0.244 e. The number of methoxy groups -OCH3 is 2. The predicted octanol–water partition coefficient (Wildman–Crippen LogP) is 4.08. The minimum atomic E-state index is 0.839. The van der Waals surface area contributed by atoms with E-state index in [1.807, 2.05) is 24.3 Å². The Morgan fingerprint density at radius 3 is 1.25 bits per heavy atom. The molecule has 182 valence electrons. The number of hydrogen-bond donors (Lipinski definition) is 0. The molecular weight excluding hydrogens is 448 g/mol. The summed E-state index contributed by atoms with van der Waals surface area (Å²) in [4.78, 5) is 0. The van der Waals surface area contributed by atoms with Gasteiger partial charge in [0, 0.05) is 0 Å². The molecular formula is C30H32N4O2+2. The lowest BCUT2D eigenvalue weighted by molar-refractivity contribution is -0.688. The van der Waals surface area contributed by atoms with Crippen LogP contribution >= 0.6 is 0 Å². The van der Waals surface area contributed by atoms with Crippen LogP contribution in [-0.2, 0) is 26.2 Å². The second-order valence-electron chi connectivity index (χ2n) is 9.03. The van der Waals surface area contributed by atoms with E-state index >= 15 is 0 Å². The predicted molar refractivity (Wildman–Crippen MR) is 138 cm³/mol. The van der Waals surface area contributed by atoms with Gasteiger partial charge in [0.15, 0.2) is 0 Å². The van der Waals surface area contributed by atoms with Gasteiger partial charge in [0.1, 0.15) is 62.5 Å². The highest BCUT2D eigenvalue weighted by molar-refractivity contribution is 5.27. The number of imidazole rings is 2. The van der Waals surface area contributed by atoms with Gasteiger partial charge in [-0.3, -0.25) is 0 Å². The molecule has 3 aromatic carbocycles. The third kappa shape index (κ3) is 6.02. The van der Waals surface area contributed by atoms with Crippen LogP contribution in [0.25, 0.3) is 0 Å². The molecule has 0 fully saturated rings. The van der Waals surface area contributed by atoms with Gasteiger partial charge < -0.3 is 9.47 Å². The molecule has 2 heterocycles. The van der Waals surface area contributed by atoms with E-state index in [1.165, 1.54) is 22.3 Å². The van der Waals surface area contributed by atoms with Crippen LogP contribution < -0.4 is 18.6 Å². The zero-order chi connectivity index (χ0) is 24.7. The Balaban J connectivity index is 1.14. The van der Waals surface area contributed by atoms with Crippen molar-refractivity contribution in [2.75, 3.05) is 14.2 Å². The van der Waals surface area contributed by atoms with E-state index in [9.17, 15) is 0 Å². The average molecular weight is 481 g/mol.